The van der Waals surface area contributed by atoms with Gasteiger partial charge in [-0.2, -0.15) is 5.26 Å². The van der Waals surface area contributed by atoms with Crippen LogP contribution in [0.4, 0.5) is 5.69 Å². The first-order valence-electron chi connectivity index (χ1n) is 7.02. The Morgan fingerprint density at radius 3 is 2.91 bits per heavy atom. The maximum Gasteiger partial charge on any atom is 0.262 e. The summed E-state index contributed by atoms with van der Waals surface area (Å²) < 4.78 is 10.6. The fourth-order valence-electron chi connectivity index (χ4n) is 2.32. The van der Waals surface area contributed by atoms with E-state index in [4.69, 9.17) is 14.7 Å². The number of carbonyl (C=O) groups is 1. The molecule has 0 bridgehead atoms. The number of ether oxygens (including phenoxy) is 2. The lowest BCUT2D eigenvalue weighted by atomic mass is 10.1. The second kappa shape index (κ2) is 6.24. The number of hydrogen-bond donors (Lipinski definition) is 1. The van der Waals surface area contributed by atoms with Crippen LogP contribution in [0.3, 0.4) is 0 Å². The lowest BCUT2D eigenvalue weighted by Crippen LogP contribution is -2.25. The number of nitrogens with zero attached hydrogens (tertiary/aromatic N) is 1. The van der Waals surface area contributed by atoms with Crippen molar-refractivity contribution in [1.82, 2.24) is 0 Å². The fourth-order valence-corrected chi connectivity index (χ4v) is 2.32. The molecule has 0 saturated carbocycles. The summed E-state index contributed by atoms with van der Waals surface area (Å²) in [7, 11) is 1.59. The number of fused-ring (bicyclic) bond motifs is 1. The Kier molecular flexibility index (Phi) is 3.98. The Morgan fingerprint density at radius 1 is 1.26 bits per heavy atom. The molecule has 5 nitrogen and oxygen atoms in total. The molecule has 23 heavy (non-hydrogen) atoms. The van der Waals surface area contributed by atoms with Crippen molar-refractivity contribution in [3.63, 3.8) is 0 Å². The summed E-state index contributed by atoms with van der Waals surface area (Å²) >= 11 is 0. The van der Waals surface area contributed by atoms with Crippen LogP contribution in [0.15, 0.2) is 36.4 Å². The minimum absolute atomic E-state index is 0.0420. The number of rotatable bonds is 3. The first-order valence-corrected chi connectivity index (χ1v) is 7.02. The number of nitrogens with one attached hydrogen (secondary N) is 1. The summed E-state index contributed by atoms with van der Waals surface area (Å²) in [5.41, 5.74) is 2.93. The number of amides is 1. The first-order chi connectivity index (χ1) is 11.2. The Morgan fingerprint density at radius 2 is 2.13 bits per heavy atom. The third-order valence-electron chi connectivity index (χ3n) is 3.45. The molecule has 0 saturated heterocycles. The summed E-state index contributed by atoms with van der Waals surface area (Å²) in [6.45, 7) is 0.0420. The summed E-state index contributed by atoms with van der Waals surface area (Å²) in [5.74, 6) is 1.18. The SMILES string of the molecule is COc1ccc(C#N)cc1/C=C/c1ccc2c(c1)NC(=O)CO2. The van der Waals surface area contributed by atoms with Gasteiger partial charge in [-0.1, -0.05) is 18.2 Å². The molecule has 0 radical (unpaired) electrons. The number of methoxy groups -OCH3 is 1. The summed E-state index contributed by atoms with van der Waals surface area (Å²) in [6.07, 6.45) is 3.76. The van der Waals surface area contributed by atoms with Crippen molar-refractivity contribution < 1.29 is 14.3 Å². The third-order valence-corrected chi connectivity index (χ3v) is 3.45. The average Bonchev–Trinajstić information content (AvgIpc) is 2.59. The molecule has 2 aromatic rings. The number of carbonyl (C=O) groups excluding carboxylic acids is 1. The largest absolute Gasteiger partial charge is 0.496 e. The second-order valence-electron chi connectivity index (χ2n) is 4.99. The molecule has 0 atom stereocenters. The van der Waals surface area contributed by atoms with Crippen molar-refractivity contribution in [3.05, 3.63) is 53.1 Å². The molecule has 3 rings (SSSR count). The van der Waals surface area contributed by atoms with Crippen LogP contribution in [-0.2, 0) is 4.79 Å². The van der Waals surface area contributed by atoms with E-state index in [1.54, 1.807) is 25.3 Å². The Balaban J connectivity index is 1.90. The van der Waals surface area contributed by atoms with E-state index in [1.165, 1.54) is 0 Å². The topological polar surface area (TPSA) is 71.3 Å². The van der Waals surface area contributed by atoms with Crippen molar-refractivity contribution in [3.8, 4) is 17.6 Å². The minimum atomic E-state index is -0.165. The molecule has 1 aliphatic rings. The van der Waals surface area contributed by atoms with Gasteiger partial charge in [0.15, 0.2) is 6.61 Å². The summed E-state index contributed by atoms with van der Waals surface area (Å²) in [5, 5.41) is 11.8. The lowest BCUT2D eigenvalue weighted by molar-refractivity contribution is -0.118. The van der Waals surface area contributed by atoms with Crippen molar-refractivity contribution in [2.24, 2.45) is 0 Å². The molecule has 0 unspecified atom stereocenters. The van der Waals surface area contributed by atoms with Gasteiger partial charge in [0.25, 0.3) is 5.91 Å². The number of nitriles is 1. The van der Waals surface area contributed by atoms with E-state index >= 15 is 0 Å². The van der Waals surface area contributed by atoms with Gasteiger partial charge in [-0.05, 0) is 35.9 Å². The van der Waals surface area contributed by atoms with E-state index < -0.39 is 0 Å². The predicted molar refractivity (Wildman–Crippen MR) is 87.2 cm³/mol. The Labute approximate surface area is 133 Å². The zero-order valence-electron chi connectivity index (χ0n) is 12.5. The Hall–Kier alpha value is -3.26. The first kappa shape index (κ1) is 14.7. The summed E-state index contributed by atoms with van der Waals surface area (Å²) in [6, 6.07) is 12.9. The van der Waals surface area contributed by atoms with Gasteiger partial charge in [0, 0.05) is 5.56 Å². The van der Waals surface area contributed by atoms with Crippen LogP contribution in [0.1, 0.15) is 16.7 Å². The lowest BCUT2D eigenvalue weighted by Gasteiger charge is -2.17. The molecule has 5 heteroatoms. The maximum atomic E-state index is 11.4. The normalized spacial score (nSPS) is 13.0. The maximum absolute atomic E-state index is 11.4. The van der Waals surface area contributed by atoms with Crippen molar-refractivity contribution >= 4 is 23.7 Å². The van der Waals surface area contributed by atoms with E-state index in [1.807, 2.05) is 30.4 Å². The van der Waals surface area contributed by atoms with Crippen LogP contribution >= 0.6 is 0 Å². The fraction of sp³-hybridized carbons (Fsp3) is 0.111. The molecule has 2 aromatic carbocycles. The van der Waals surface area contributed by atoms with Gasteiger partial charge in [0.05, 0.1) is 24.4 Å². The molecule has 0 aromatic heterocycles. The molecule has 0 fully saturated rings. The van der Waals surface area contributed by atoms with Crippen LogP contribution in [0.25, 0.3) is 12.2 Å². The number of anilines is 1. The van der Waals surface area contributed by atoms with E-state index in [0.717, 1.165) is 11.1 Å². The summed E-state index contributed by atoms with van der Waals surface area (Å²) in [4.78, 5) is 11.4. The van der Waals surface area contributed by atoms with Gasteiger partial charge in [-0.3, -0.25) is 4.79 Å². The molecule has 1 N–H and O–H groups in total. The van der Waals surface area contributed by atoms with Crippen LogP contribution in [-0.4, -0.2) is 19.6 Å². The molecule has 1 amide bonds. The second-order valence-corrected chi connectivity index (χ2v) is 4.99. The highest BCUT2D eigenvalue weighted by Gasteiger charge is 2.15. The highest BCUT2D eigenvalue weighted by Crippen LogP contribution is 2.29. The standard InChI is InChI=1S/C18H14N2O3/c1-22-16-6-4-13(10-19)8-14(16)5-2-12-3-7-17-15(9-12)20-18(21)11-23-17/h2-9H,11H2,1H3,(H,20,21)/b5-2+. The van der Waals surface area contributed by atoms with Gasteiger partial charge < -0.3 is 14.8 Å². The quantitative estimate of drug-likeness (QED) is 0.885. The minimum Gasteiger partial charge on any atom is -0.496 e. The number of benzene rings is 2. The third kappa shape index (κ3) is 3.16. The average molecular weight is 306 g/mol. The van der Waals surface area contributed by atoms with Crippen LogP contribution in [0, 0.1) is 11.3 Å². The smallest absolute Gasteiger partial charge is 0.262 e. The van der Waals surface area contributed by atoms with Gasteiger partial charge in [-0.25, -0.2) is 0 Å². The van der Waals surface area contributed by atoms with Gasteiger partial charge in [0.2, 0.25) is 0 Å². The predicted octanol–water partition coefficient (Wildman–Crippen LogP) is 3.07. The zero-order chi connectivity index (χ0) is 16.2. The molecule has 1 heterocycles. The molecule has 0 aliphatic carbocycles. The zero-order valence-corrected chi connectivity index (χ0v) is 12.5. The monoisotopic (exact) mass is 306 g/mol. The van der Waals surface area contributed by atoms with Crippen molar-refractivity contribution in [2.45, 2.75) is 0 Å². The molecule has 1 aliphatic heterocycles. The molecule has 0 spiro atoms. The molecular weight excluding hydrogens is 292 g/mol. The van der Waals surface area contributed by atoms with E-state index in [9.17, 15) is 4.79 Å². The highest BCUT2D eigenvalue weighted by molar-refractivity contribution is 5.95. The van der Waals surface area contributed by atoms with Crippen molar-refractivity contribution in [2.75, 3.05) is 19.0 Å². The van der Waals surface area contributed by atoms with Crippen LogP contribution in [0.5, 0.6) is 11.5 Å². The van der Waals surface area contributed by atoms with Crippen LogP contribution < -0.4 is 14.8 Å². The highest BCUT2D eigenvalue weighted by atomic mass is 16.5. The van der Waals surface area contributed by atoms with E-state index in [-0.39, 0.29) is 12.5 Å². The number of hydrogen-bond acceptors (Lipinski definition) is 4. The van der Waals surface area contributed by atoms with Crippen molar-refractivity contribution in [1.29, 1.82) is 5.26 Å². The van der Waals surface area contributed by atoms with Crippen LogP contribution in [0.2, 0.25) is 0 Å². The van der Waals surface area contributed by atoms with E-state index in [0.29, 0.717) is 22.7 Å². The van der Waals surface area contributed by atoms with Gasteiger partial charge in [-0.15, -0.1) is 0 Å². The van der Waals surface area contributed by atoms with E-state index in [2.05, 4.69) is 11.4 Å². The van der Waals surface area contributed by atoms with Gasteiger partial charge >= 0.3 is 0 Å². The molecule has 114 valence electrons. The van der Waals surface area contributed by atoms with Gasteiger partial charge in [0.1, 0.15) is 11.5 Å². The molecular formula is C18H14N2O3. The Bertz CT molecular complexity index is 835.